The summed E-state index contributed by atoms with van der Waals surface area (Å²) in [7, 11) is 7.17. The third-order valence-electron chi connectivity index (χ3n) is 7.83. The van der Waals surface area contributed by atoms with Crippen molar-refractivity contribution in [3.63, 3.8) is 0 Å². The fourth-order valence-corrected chi connectivity index (χ4v) is 5.69. The molecule has 2 unspecified atom stereocenters. The van der Waals surface area contributed by atoms with Gasteiger partial charge in [0.1, 0.15) is 17.6 Å². The Kier molecular flexibility index (Phi) is 15.6. The van der Waals surface area contributed by atoms with Gasteiger partial charge in [-0.25, -0.2) is 0 Å². The SMILES string of the molecule is CN(C)CCN(C)C(=O)C(CC(=O)C(C)(C)C)N(C)C(=O)CCCCCCSC1CC(=O)N(CCC(=O)C(C)(C)C)C1=O. The number of carbonyl (C=O) groups is 6. The van der Waals surface area contributed by atoms with Crippen LogP contribution in [0.25, 0.3) is 0 Å². The first-order valence-corrected chi connectivity index (χ1v) is 16.5. The lowest BCUT2D eigenvalue weighted by Crippen LogP contribution is -2.51. The second kappa shape index (κ2) is 17.3. The zero-order valence-electron chi connectivity index (χ0n) is 28.3. The van der Waals surface area contributed by atoms with Gasteiger partial charge in [-0.2, -0.15) is 0 Å². The summed E-state index contributed by atoms with van der Waals surface area (Å²) < 4.78 is 0. The molecule has 1 saturated heterocycles. The summed E-state index contributed by atoms with van der Waals surface area (Å²) in [6.07, 6.45) is 3.85. The lowest BCUT2D eigenvalue weighted by atomic mass is 9.86. The van der Waals surface area contributed by atoms with E-state index in [0.29, 0.717) is 19.5 Å². The van der Waals surface area contributed by atoms with Crippen LogP contribution in [0.15, 0.2) is 0 Å². The number of hydrogen-bond donors (Lipinski definition) is 0. The lowest BCUT2D eigenvalue weighted by Gasteiger charge is -2.32. The zero-order chi connectivity index (χ0) is 33.1. The highest BCUT2D eigenvalue weighted by atomic mass is 32.2. The van der Waals surface area contributed by atoms with E-state index in [1.54, 1.807) is 19.0 Å². The van der Waals surface area contributed by atoms with E-state index < -0.39 is 22.1 Å². The van der Waals surface area contributed by atoms with E-state index in [4.69, 9.17) is 0 Å². The summed E-state index contributed by atoms with van der Waals surface area (Å²) in [5.41, 5.74) is -1.10. The summed E-state index contributed by atoms with van der Waals surface area (Å²) in [5.74, 6) is -0.0998. The van der Waals surface area contributed by atoms with Crippen molar-refractivity contribution < 1.29 is 28.8 Å². The number of likely N-dealkylation sites (tertiary alicyclic amines) is 1. The van der Waals surface area contributed by atoms with Gasteiger partial charge in [-0.3, -0.25) is 33.7 Å². The first kappa shape index (κ1) is 38.8. The third-order valence-corrected chi connectivity index (χ3v) is 9.12. The average molecular weight is 625 g/mol. The van der Waals surface area contributed by atoms with Crippen molar-refractivity contribution >= 4 is 47.0 Å². The van der Waals surface area contributed by atoms with Crippen LogP contribution >= 0.6 is 11.8 Å². The monoisotopic (exact) mass is 624 g/mol. The van der Waals surface area contributed by atoms with Gasteiger partial charge in [-0.05, 0) is 32.7 Å². The normalized spacial score (nSPS) is 16.5. The number of imide groups is 1. The molecular weight excluding hydrogens is 568 g/mol. The Morgan fingerprint density at radius 3 is 1.98 bits per heavy atom. The van der Waals surface area contributed by atoms with Crippen LogP contribution in [-0.2, 0) is 28.8 Å². The Morgan fingerprint density at radius 1 is 0.837 bits per heavy atom. The number of thioether (sulfide) groups is 1. The van der Waals surface area contributed by atoms with Gasteiger partial charge in [0, 0.05) is 70.2 Å². The highest BCUT2D eigenvalue weighted by molar-refractivity contribution is 8.00. The van der Waals surface area contributed by atoms with Gasteiger partial charge in [-0.1, -0.05) is 54.4 Å². The minimum atomic E-state index is -0.833. The molecule has 0 radical (unpaired) electrons. The maximum Gasteiger partial charge on any atom is 0.245 e. The maximum absolute atomic E-state index is 13.3. The first-order valence-electron chi connectivity index (χ1n) is 15.4. The molecular formula is C32H56N4O6S. The molecule has 4 amide bonds. The molecule has 43 heavy (non-hydrogen) atoms. The van der Waals surface area contributed by atoms with Gasteiger partial charge in [-0.15, -0.1) is 11.8 Å². The van der Waals surface area contributed by atoms with E-state index in [0.717, 1.165) is 25.0 Å². The van der Waals surface area contributed by atoms with Crippen LogP contribution in [0, 0.1) is 10.8 Å². The summed E-state index contributed by atoms with van der Waals surface area (Å²) in [4.78, 5) is 82.7. The van der Waals surface area contributed by atoms with Crippen LogP contribution < -0.4 is 0 Å². The number of unbranched alkanes of at least 4 members (excludes halogenated alkanes) is 3. The van der Waals surface area contributed by atoms with Gasteiger partial charge >= 0.3 is 0 Å². The topological polar surface area (TPSA) is 115 Å². The molecule has 0 saturated carbocycles. The Morgan fingerprint density at radius 2 is 1.42 bits per heavy atom. The molecule has 0 aliphatic carbocycles. The molecule has 246 valence electrons. The molecule has 1 fully saturated rings. The smallest absolute Gasteiger partial charge is 0.245 e. The highest BCUT2D eigenvalue weighted by Gasteiger charge is 2.39. The minimum absolute atomic E-state index is 0.0131. The number of likely N-dealkylation sites (N-methyl/N-ethyl adjacent to an activating group) is 3. The Labute approximate surface area is 263 Å². The summed E-state index contributed by atoms with van der Waals surface area (Å²) >= 11 is 1.48. The number of nitrogens with zero attached hydrogens (tertiary/aromatic N) is 4. The van der Waals surface area contributed by atoms with Crippen molar-refractivity contribution in [3.05, 3.63) is 0 Å². The van der Waals surface area contributed by atoms with E-state index >= 15 is 0 Å². The van der Waals surface area contributed by atoms with Crippen LogP contribution in [-0.4, -0.2) is 120 Å². The Balaban J connectivity index is 2.51. The largest absolute Gasteiger partial charge is 0.343 e. The molecule has 0 N–H and O–H groups in total. The van der Waals surface area contributed by atoms with E-state index in [9.17, 15) is 28.8 Å². The van der Waals surface area contributed by atoms with Crippen LogP contribution in [0.4, 0.5) is 0 Å². The maximum atomic E-state index is 13.3. The second-order valence-electron chi connectivity index (χ2n) is 14.0. The van der Waals surface area contributed by atoms with Gasteiger partial charge in [0.25, 0.3) is 0 Å². The predicted molar refractivity (Wildman–Crippen MR) is 172 cm³/mol. The average Bonchev–Trinajstić information content (AvgIpc) is 3.17. The number of carbonyl (C=O) groups excluding carboxylic acids is 6. The fraction of sp³-hybridized carbons (Fsp3) is 0.812. The van der Waals surface area contributed by atoms with Crippen LogP contribution in [0.5, 0.6) is 0 Å². The molecule has 0 bridgehead atoms. The van der Waals surface area contributed by atoms with Gasteiger partial charge in [0.05, 0.1) is 5.25 Å². The molecule has 0 aromatic heterocycles. The van der Waals surface area contributed by atoms with Crippen LogP contribution in [0.3, 0.4) is 0 Å². The van der Waals surface area contributed by atoms with Gasteiger partial charge in [0.2, 0.25) is 23.6 Å². The van der Waals surface area contributed by atoms with E-state index in [1.165, 1.54) is 21.6 Å². The minimum Gasteiger partial charge on any atom is -0.343 e. The third kappa shape index (κ3) is 13.1. The van der Waals surface area contributed by atoms with Crippen molar-refractivity contribution in [1.82, 2.24) is 19.6 Å². The second-order valence-corrected chi connectivity index (χ2v) is 15.3. The summed E-state index contributed by atoms with van der Waals surface area (Å²) in [6, 6.07) is -0.833. The molecule has 1 rings (SSSR count). The molecule has 0 spiro atoms. The van der Waals surface area contributed by atoms with Crippen molar-refractivity contribution in [2.45, 2.75) is 104 Å². The number of rotatable bonds is 18. The summed E-state index contributed by atoms with van der Waals surface area (Å²) in [5, 5.41) is -0.395. The summed E-state index contributed by atoms with van der Waals surface area (Å²) in [6.45, 7) is 12.3. The van der Waals surface area contributed by atoms with Crippen molar-refractivity contribution in [1.29, 1.82) is 0 Å². The van der Waals surface area contributed by atoms with Crippen LogP contribution in [0.2, 0.25) is 0 Å². The number of amides is 4. The molecule has 1 aliphatic rings. The van der Waals surface area contributed by atoms with Gasteiger partial charge in [0.15, 0.2) is 0 Å². The lowest BCUT2D eigenvalue weighted by molar-refractivity contribution is -0.146. The molecule has 1 heterocycles. The predicted octanol–water partition coefficient (Wildman–Crippen LogP) is 3.66. The molecule has 11 heteroatoms. The van der Waals surface area contributed by atoms with Crippen molar-refractivity contribution in [2.24, 2.45) is 10.8 Å². The highest BCUT2D eigenvalue weighted by Crippen LogP contribution is 2.27. The van der Waals surface area contributed by atoms with E-state index in [-0.39, 0.29) is 67.4 Å². The van der Waals surface area contributed by atoms with E-state index in [2.05, 4.69) is 0 Å². The zero-order valence-corrected chi connectivity index (χ0v) is 29.1. The first-order chi connectivity index (χ1) is 19.8. The Bertz CT molecular complexity index is 1000. The number of hydrogen-bond acceptors (Lipinski definition) is 8. The van der Waals surface area contributed by atoms with Gasteiger partial charge < -0.3 is 14.7 Å². The van der Waals surface area contributed by atoms with Crippen molar-refractivity contribution in [2.75, 3.05) is 53.6 Å². The molecule has 10 nitrogen and oxygen atoms in total. The quantitative estimate of drug-likeness (QED) is 0.168. The number of Topliss-reactive ketones (excluding diaryl/α,β-unsaturated/α-hetero) is 2. The molecule has 0 aromatic rings. The molecule has 0 aromatic carbocycles. The van der Waals surface area contributed by atoms with E-state index in [1.807, 2.05) is 60.5 Å². The fourth-order valence-electron chi connectivity index (χ4n) is 4.50. The number of ketones is 2. The molecule has 2 atom stereocenters. The Hall–Kier alpha value is -2.27. The van der Waals surface area contributed by atoms with Crippen LogP contribution in [0.1, 0.15) is 92.9 Å². The van der Waals surface area contributed by atoms with Crippen molar-refractivity contribution in [3.8, 4) is 0 Å². The standard InChI is InChI=1S/C32H56N4O6S/c1-31(2,3)25(37)16-17-36-28(40)22-24(30(36)42)43-20-14-12-11-13-15-27(39)35(10)23(21-26(38)32(4,5)6)29(41)34(9)19-18-33(7)8/h23-24H,11-22H2,1-10H3. The molecule has 1 aliphatic heterocycles.